The summed E-state index contributed by atoms with van der Waals surface area (Å²) < 4.78 is 11.7. The van der Waals surface area contributed by atoms with Crippen molar-refractivity contribution >= 4 is 17.5 Å². The van der Waals surface area contributed by atoms with E-state index in [0.29, 0.717) is 45.2 Å². The van der Waals surface area contributed by atoms with Gasteiger partial charge in [0.2, 0.25) is 5.91 Å². The van der Waals surface area contributed by atoms with Gasteiger partial charge >= 0.3 is 0 Å². The molecule has 4 saturated heterocycles. The summed E-state index contributed by atoms with van der Waals surface area (Å²) in [6.07, 6.45) is 4.33. The van der Waals surface area contributed by atoms with Gasteiger partial charge in [0.25, 0.3) is 5.91 Å². The molecule has 7 heteroatoms. The van der Waals surface area contributed by atoms with Gasteiger partial charge in [-0.1, -0.05) is 18.2 Å². The van der Waals surface area contributed by atoms with Gasteiger partial charge in [-0.15, -0.1) is 0 Å². The highest BCUT2D eigenvalue weighted by atomic mass is 16.7. The van der Waals surface area contributed by atoms with Crippen LogP contribution < -0.4 is 4.90 Å². The molecule has 0 saturated carbocycles. The van der Waals surface area contributed by atoms with E-state index < -0.39 is 11.3 Å². The van der Waals surface area contributed by atoms with E-state index in [9.17, 15) is 9.59 Å². The fourth-order valence-electron chi connectivity index (χ4n) is 6.72. The van der Waals surface area contributed by atoms with Crippen LogP contribution in [-0.2, 0) is 24.6 Å². The molecule has 0 aliphatic carbocycles. The first-order valence-corrected chi connectivity index (χ1v) is 11.3. The quantitative estimate of drug-likeness (QED) is 0.704. The summed E-state index contributed by atoms with van der Waals surface area (Å²) in [5, 5.41) is 0. The molecular weight excluding hydrogens is 382 g/mol. The van der Waals surface area contributed by atoms with Gasteiger partial charge < -0.3 is 19.3 Å². The standard InChI is InChI=1S/C23H29N3O4/c1-24-19-7-3-2-6-17(19)23(21(24)28)18(15-16-5-4-10-26(16)23)20(27)25-11-8-22(9-12-25)29-13-14-30-22/h2-3,6-7,16,18H,4-5,8-15H2,1H3/t16-,18-,23-/m1/s1. The highest BCUT2D eigenvalue weighted by Crippen LogP contribution is 2.57. The number of amides is 2. The zero-order valence-corrected chi connectivity index (χ0v) is 17.5. The maximum atomic E-state index is 13.9. The molecular formula is C23H29N3O4. The van der Waals surface area contributed by atoms with Gasteiger partial charge in [0, 0.05) is 50.3 Å². The number of carbonyl (C=O) groups excluding carboxylic acids is 2. The molecule has 7 nitrogen and oxygen atoms in total. The van der Waals surface area contributed by atoms with Crippen molar-refractivity contribution in [2.24, 2.45) is 5.92 Å². The van der Waals surface area contributed by atoms with E-state index in [1.807, 2.05) is 30.1 Å². The third-order valence-electron chi connectivity index (χ3n) is 8.10. The number of hydrogen-bond donors (Lipinski definition) is 0. The molecule has 30 heavy (non-hydrogen) atoms. The van der Waals surface area contributed by atoms with Crippen molar-refractivity contribution in [1.29, 1.82) is 0 Å². The second-order valence-corrected chi connectivity index (χ2v) is 9.36. The van der Waals surface area contributed by atoms with Crippen molar-refractivity contribution in [2.75, 3.05) is 44.8 Å². The lowest BCUT2D eigenvalue weighted by molar-refractivity contribution is -0.189. The normalized spacial score (nSPS) is 34.9. The maximum Gasteiger partial charge on any atom is 0.252 e. The number of piperidine rings is 1. The van der Waals surface area contributed by atoms with E-state index in [0.717, 1.165) is 37.1 Å². The van der Waals surface area contributed by atoms with E-state index in [1.54, 1.807) is 4.90 Å². The first-order valence-electron chi connectivity index (χ1n) is 11.3. The monoisotopic (exact) mass is 411 g/mol. The van der Waals surface area contributed by atoms with Crippen LogP contribution in [-0.4, -0.2) is 73.3 Å². The zero-order valence-electron chi connectivity index (χ0n) is 17.5. The van der Waals surface area contributed by atoms with Crippen LogP contribution in [0.5, 0.6) is 0 Å². The molecule has 0 radical (unpaired) electrons. The number of fused-ring (bicyclic) bond motifs is 4. The van der Waals surface area contributed by atoms with Crippen molar-refractivity contribution < 1.29 is 19.1 Å². The average Bonchev–Trinajstić information content (AvgIpc) is 3.52. The van der Waals surface area contributed by atoms with Crippen molar-refractivity contribution in [3.63, 3.8) is 0 Å². The summed E-state index contributed by atoms with van der Waals surface area (Å²) in [5.41, 5.74) is 1.11. The van der Waals surface area contributed by atoms with Gasteiger partial charge in [-0.05, 0) is 31.9 Å². The van der Waals surface area contributed by atoms with Gasteiger partial charge in [0.1, 0.15) is 5.54 Å². The van der Waals surface area contributed by atoms with Gasteiger partial charge in [-0.25, -0.2) is 0 Å². The third-order valence-corrected chi connectivity index (χ3v) is 8.10. The smallest absolute Gasteiger partial charge is 0.252 e. The van der Waals surface area contributed by atoms with Crippen LogP contribution in [0.2, 0.25) is 0 Å². The van der Waals surface area contributed by atoms with Crippen LogP contribution in [0.25, 0.3) is 0 Å². The number of carbonyl (C=O) groups is 2. The minimum atomic E-state index is -0.848. The van der Waals surface area contributed by atoms with Crippen LogP contribution in [0.1, 0.15) is 37.7 Å². The molecule has 160 valence electrons. The molecule has 2 spiro atoms. The molecule has 1 aromatic carbocycles. The number of para-hydroxylation sites is 1. The van der Waals surface area contributed by atoms with Crippen molar-refractivity contribution in [1.82, 2.24) is 9.80 Å². The summed E-state index contributed by atoms with van der Waals surface area (Å²) in [6, 6.07) is 8.34. The van der Waals surface area contributed by atoms with Gasteiger partial charge in [0.15, 0.2) is 5.79 Å². The van der Waals surface area contributed by atoms with Gasteiger partial charge in [-0.3, -0.25) is 14.5 Å². The SMILES string of the molecule is CN1C(=O)[C@@]2(c3ccccc31)[C@@H](C(=O)N1CCC3(CC1)OCCO3)C[C@H]1CCCN12. The second kappa shape index (κ2) is 6.52. The Bertz CT molecular complexity index is 888. The van der Waals surface area contributed by atoms with Gasteiger partial charge in [0.05, 0.1) is 19.1 Å². The second-order valence-electron chi connectivity index (χ2n) is 9.36. The van der Waals surface area contributed by atoms with Crippen molar-refractivity contribution in [3.8, 4) is 0 Å². The number of ether oxygens (including phenoxy) is 2. The maximum absolute atomic E-state index is 13.9. The largest absolute Gasteiger partial charge is 0.347 e. The van der Waals surface area contributed by atoms with Crippen LogP contribution in [0, 0.1) is 5.92 Å². The molecule has 2 amide bonds. The van der Waals surface area contributed by atoms with E-state index in [1.165, 1.54) is 0 Å². The summed E-state index contributed by atoms with van der Waals surface area (Å²) >= 11 is 0. The average molecular weight is 412 g/mol. The predicted octanol–water partition coefficient (Wildman–Crippen LogP) is 1.71. The Balaban J connectivity index is 1.36. The number of likely N-dealkylation sites (tertiary alicyclic amines) is 1. The topological polar surface area (TPSA) is 62.3 Å². The van der Waals surface area contributed by atoms with Crippen LogP contribution in [0.15, 0.2) is 24.3 Å². The lowest BCUT2D eigenvalue weighted by atomic mass is 9.77. The Morgan fingerprint density at radius 3 is 2.60 bits per heavy atom. The molecule has 6 rings (SSSR count). The first kappa shape index (κ1) is 18.8. The number of hydrogen-bond acceptors (Lipinski definition) is 5. The predicted molar refractivity (Wildman–Crippen MR) is 110 cm³/mol. The summed E-state index contributed by atoms with van der Waals surface area (Å²) in [7, 11) is 1.85. The lowest BCUT2D eigenvalue weighted by Gasteiger charge is -2.42. The van der Waals surface area contributed by atoms with Crippen LogP contribution >= 0.6 is 0 Å². The van der Waals surface area contributed by atoms with E-state index in [4.69, 9.17) is 9.47 Å². The number of anilines is 1. The molecule has 0 N–H and O–H groups in total. The van der Waals surface area contributed by atoms with Crippen LogP contribution in [0.4, 0.5) is 5.69 Å². The molecule has 0 bridgehead atoms. The van der Waals surface area contributed by atoms with Crippen molar-refractivity contribution in [2.45, 2.75) is 49.5 Å². The molecule has 5 aliphatic heterocycles. The molecule has 5 aliphatic rings. The lowest BCUT2D eigenvalue weighted by Crippen LogP contribution is -2.57. The van der Waals surface area contributed by atoms with E-state index in [-0.39, 0.29) is 17.7 Å². The molecule has 4 fully saturated rings. The Morgan fingerprint density at radius 1 is 1.10 bits per heavy atom. The number of rotatable bonds is 1. The highest BCUT2D eigenvalue weighted by Gasteiger charge is 2.67. The fourth-order valence-corrected chi connectivity index (χ4v) is 6.72. The molecule has 5 heterocycles. The molecule has 3 atom stereocenters. The first-order chi connectivity index (χ1) is 14.6. The summed E-state index contributed by atoms with van der Waals surface area (Å²) in [6.45, 7) is 3.40. The summed E-state index contributed by atoms with van der Waals surface area (Å²) in [4.78, 5) is 33.8. The minimum absolute atomic E-state index is 0.0578. The fraction of sp³-hybridized carbons (Fsp3) is 0.652. The third kappa shape index (κ3) is 2.31. The Kier molecular flexibility index (Phi) is 4.08. The molecule has 0 unspecified atom stereocenters. The van der Waals surface area contributed by atoms with Gasteiger partial charge in [-0.2, -0.15) is 0 Å². The van der Waals surface area contributed by atoms with Crippen molar-refractivity contribution in [3.05, 3.63) is 29.8 Å². The molecule has 1 aromatic rings. The zero-order chi connectivity index (χ0) is 20.5. The molecule has 0 aromatic heterocycles. The number of likely N-dealkylation sites (N-methyl/N-ethyl adjacent to an activating group) is 1. The Morgan fingerprint density at radius 2 is 1.83 bits per heavy atom. The van der Waals surface area contributed by atoms with Crippen LogP contribution in [0.3, 0.4) is 0 Å². The number of nitrogens with zero attached hydrogens (tertiary/aromatic N) is 3. The van der Waals surface area contributed by atoms with E-state index >= 15 is 0 Å². The highest BCUT2D eigenvalue weighted by molar-refractivity contribution is 6.10. The number of benzene rings is 1. The Hall–Kier alpha value is -1.96. The van der Waals surface area contributed by atoms with E-state index in [2.05, 4.69) is 11.0 Å². The summed E-state index contributed by atoms with van der Waals surface area (Å²) in [5.74, 6) is -0.654. The minimum Gasteiger partial charge on any atom is -0.347 e. The Labute approximate surface area is 176 Å².